The zero-order valence-corrected chi connectivity index (χ0v) is 21.3. The summed E-state index contributed by atoms with van der Waals surface area (Å²) in [5.41, 5.74) is 6.93. The number of hydrogen-bond donors (Lipinski definition) is 0. The summed E-state index contributed by atoms with van der Waals surface area (Å²) in [5, 5.41) is 4.15. The van der Waals surface area contributed by atoms with Gasteiger partial charge >= 0.3 is 0 Å². The molecule has 6 nitrogen and oxygen atoms in total. The van der Waals surface area contributed by atoms with Crippen LogP contribution in [0.5, 0.6) is 5.75 Å². The predicted molar refractivity (Wildman–Crippen MR) is 138 cm³/mol. The van der Waals surface area contributed by atoms with Gasteiger partial charge in [0, 0.05) is 31.1 Å². The second-order valence-corrected chi connectivity index (χ2v) is 9.98. The summed E-state index contributed by atoms with van der Waals surface area (Å²) in [5.74, 6) is 1.76. The maximum absolute atomic E-state index is 6.21. The van der Waals surface area contributed by atoms with Crippen molar-refractivity contribution in [2.75, 3.05) is 46.5 Å². The van der Waals surface area contributed by atoms with Crippen LogP contribution in [0.2, 0.25) is 0 Å². The number of ether oxygens (including phenoxy) is 2. The lowest BCUT2D eigenvalue weighted by molar-refractivity contribution is 0.0504. The Labute approximate surface area is 208 Å². The van der Waals surface area contributed by atoms with Crippen LogP contribution in [0.25, 0.3) is 11.1 Å². The second-order valence-electron chi connectivity index (χ2n) is 9.98. The first kappa shape index (κ1) is 24.0. The molecule has 1 fully saturated rings. The van der Waals surface area contributed by atoms with E-state index in [2.05, 4.69) is 64.5 Å². The smallest absolute Gasteiger partial charge is 0.141 e. The minimum atomic E-state index is 0.548. The molecule has 3 heterocycles. The Hall–Kier alpha value is -2.67. The number of aromatic nitrogens is 1. The molecule has 0 aliphatic carbocycles. The van der Waals surface area contributed by atoms with Crippen LogP contribution in [-0.2, 0) is 17.7 Å². The molecule has 1 saturated heterocycles. The fourth-order valence-electron chi connectivity index (χ4n) is 5.45. The van der Waals surface area contributed by atoms with E-state index >= 15 is 0 Å². The van der Waals surface area contributed by atoms with Crippen LogP contribution in [-0.4, -0.2) is 67.5 Å². The van der Waals surface area contributed by atoms with Crippen LogP contribution >= 0.6 is 0 Å². The van der Waals surface area contributed by atoms with Gasteiger partial charge in [0.15, 0.2) is 0 Å². The topological polar surface area (TPSA) is 51.0 Å². The Balaban J connectivity index is 1.43. The number of aryl methyl sites for hydroxylation is 2. The van der Waals surface area contributed by atoms with Crippen molar-refractivity contribution in [3.8, 4) is 16.9 Å². The molecule has 0 unspecified atom stereocenters. The van der Waals surface area contributed by atoms with Crippen LogP contribution < -0.4 is 4.74 Å². The Morgan fingerprint density at radius 1 is 0.914 bits per heavy atom. The number of fused-ring (bicyclic) bond motifs is 3. The van der Waals surface area contributed by atoms with Gasteiger partial charge in [0.05, 0.1) is 18.9 Å². The van der Waals surface area contributed by atoms with Gasteiger partial charge in [0.25, 0.3) is 0 Å². The van der Waals surface area contributed by atoms with E-state index in [1.54, 1.807) is 0 Å². The molecule has 6 heteroatoms. The van der Waals surface area contributed by atoms with Crippen molar-refractivity contribution < 1.29 is 14.0 Å². The van der Waals surface area contributed by atoms with Crippen molar-refractivity contribution in [1.82, 2.24) is 15.0 Å². The Kier molecular flexibility index (Phi) is 7.51. The highest BCUT2D eigenvalue weighted by atomic mass is 16.5. The molecule has 0 N–H and O–H groups in total. The first-order valence-corrected chi connectivity index (χ1v) is 12.8. The highest BCUT2D eigenvalue weighted by molar-refractivity contribution is 5.69. The van der Waals surface area contributed by atoms with Crippen LogP contribution in [0.1, 0.15) is 41.0 Å². The molecule has 0 saturated carbocycles. The molecule has 2 aromatic carbocycles. The van der Waals surface area contributed by atoms with Crippen LogP contribution in [0.4, 0.5) is 0 Å². The number of benzene rings is 2. The molecular formula is C29H37N3O3. The number of hydrogen-bond acceptors (Lipinski definition) is 6. The third kappa shape index (κ3) is 5.77. The molecule has 2 bridgehead atoms. The molecule has 186 valence electrons. The van der Waals surface area contributed by atoms with Crippen LogP contribution in [0.15, 0.2) is 47.0 Å². The highest BCUT2D eigenvalue weighted by Gasteiger charge is 2.23. The van der Waals surface area contributed by atoms with Gasteiger partial charge in [-0.3, -0.25) is 4.90 Å². The summed E-state index contributed by atoms with van der Waals surface area (Å²) in [6.45, 7) is 10.1. The van der Waals surface area contributed by atoms with Gasteiger partial charge in [0.2, 0.25) is 0 Å². The van der Waals surface area contributed by atoms with Crippen molar-refractivity contribution in [2.45, 2.75) is 45.7 Å². The third-order valence-corrected chi connectivity index (χ3v) is 7.37. The van der Waals surface area contributed by atoms with Gasteiger partial charge < -0.3 is 18.9 Å². The first-order chi connectivity index (χ1) is 17.1. The highest BCUT2D eigenvalue weighted by Crippen LogP contribution is 2.32. The van der Waals surface area contributed by atoms with E-state index in [4.69, 9.17) is 14.0 Å². The lowest BCUT2D eigenvalue weighted by Crippen LogP contribution is -2.44. The van der Waals surface area contributed by atoms with E-state index < -0.39 is 0 Å². The molecule has 2 aliphatic heterocycles. The summed E-state index contributed by atoms with van der Waals surface area (Å²) in [6, 6.07) is 16.1. The van der Waals surface area contributed by atoms with Gasteiger partial charge in [-0.15, -0.1) is 0 Å². The van der Waals surface area contributed by atoms with Crippen molar-refractivity contribution in [3.63, 3.8) is 0 Å². The van der Waals surface area contributed by atoms with Gasteiger partial charge in [-0.2, -0.15) is 0 Å². The maximum atomic E-state index is 6.21. The van der Waals surface area contributed by atoms with E-state index in [0.29, 0.717) is 19.3 Å². The quantitative estimate of drug-likeness (QED) is 0.528. The van der Waals surface area contributed by atoms with Gasteiger partial charge in [0.1, 0.15) is 18.1 Å². The molecule has 3 aromatic rings. The molecule has 0 radical (unpaired) electrons. The average Bonchev–Trinajstić information content (AvgIpc) is 3.19. The normalized spacial score (nSPS) is 19.1. The summed E-state index contributed by atoms with van der Waals surface area (Å²) in [7, 11) is 2.22. The lowest BCUT2D eigenvalue weighted by atomic mass is 9.96. The standard InChI is InChI=1S/C29H37N3O3/c1-21-29(22(2)35-30-21)25-7-8-28-26(19-25)18-23-5-4-6-24(17-23)20-32(13-14-33-15-16-34-28)27-9-11-31(3)12-10-27/h4-8,17,19,27H,9-16,18,20H2,1-3H3. The van der Waals surface area contributed by atoms with E-state index in [-0.39, 0.29) is 0 Å². The molecular weight excluding hydrogens is 438 g/mol. The molecule has 35 heavy (non-hydrogen) atoms. The largest absolute Gasteiger partial charge is 0.491 e. The lowest BCUT2D eigenvalue weighted by Gasteiger charge is -2.37. The van der Waals surface area contributed by atoms with Crippen molar-refractivity contribution in [1.29, 1.82) is 0 Å². The van der Waals surface area contributed by atoms with Crippen molar-refractivity contribution >= 4 is 0 Å². The van der Waals surface area contributed by atoms with Crippen LogP contribution in [0, 0.1) is 13.8 Å². The second kappa shape index (κ2) is 10.9. The summed E-state index contributed by atoms with van der Waals surface area (Å²) in [4.78, 5) is 5.06. The summed E-state index contributed by atoms with van der Waals surface area (Å²) >= 11 is 0. The van der Waals surface area contributed by atoms with E-state index in [1.165, 1.54) is 42.6 Å². The molecule has 0 spiro atoms. The van der Waals surface area contributed by atoms with E-state index in [0.717, 1.165) is 54.4 Å². The molecule has 1 aromatic heterocycles. The number of nitrogens with zero attached hydrogens (tertiary/aromatic N) is 3. The summed E-state index contributed by atoms with van der Waals surface area (Å²) < 4.78 is 17.6. The van der Waals surface area contributed by atoms with Gasteiger partial charge in [-0.05, 0) is 81.2 Å². The Morgan fingerprint density at radius 2 is 1.74 bits per heavy atom. The van der Waals surface area contributed by atoms with Crippen molar-refractivity contribution in [2.24, 2.45) is 0 Å². The molecule has 5 rings (SSSR count). The Bertz CT molecular complexity index is 1110. The van der Waals surface area contributed by atoms with Gasteiger partial charge in [-0.25, -0.2) is 0 Å². The average molecular weight is 476 g/mol. The maximum Gasteiger partial charge on any atom is 0.141 e. The first-order valence-electron chi connectivity index (χ1n) is 12.8. The van der Waals surface area contributed by atoms with Gasteiger partial charge in [-0.1, -0.05) is 35.5 Å². The Morgan fingerprint density at radius 3 is 2.54 bits per heavy atom. The molecule has 0 amide bonds. The monoisotopic (exact) mass is 475 g/mol. The predicted octanol–water partition coefficient (Wildman–Crippen LogP) is 4.85. The fourth-order valence-corrected chi connectivity index (χ4v) is 5.45. The SMILES string of the molecule is Cc1noc(C)c1-c1ccc2c(c1)Cc1cccc(c1)CN(C1CCN(C)CC1)CCOCCO2. The van der Waals surface area contributed by atoms with E-state index in [9.17, 15) is 0 Å². The zero-order chi connectivity index (χ0) is 24.2. The molecule has 0 atom stereocenters. The number of piperidine rings is 1. The fraction of sp³-hybridized carbons (Fsp3) is 0.483. The molecule has 2 aliphatic rings. The minimum absolute atomic E-state index is 0.548. The zero-order valence-electron chi connectivity index (χ0n) is 21.3. The third-order valence-electron chi connectivity index (χ3n) is 7.37. The number of likely N-dealkylation sites (tertiary alicyclic amines) is 1. The summed E-state index contributed by atoms with van der Waals surface area (Å²) in [6.07, 6.45) is 3.25. The number of rotatable bonds is 2. The minimum Gasteiger partial charge on any atom is -0.491 e. The van der Waals surface area contributed by atoms with Crippen molar-refractivity contribution in [3.05, 3.63) is 70.6 Å². The van der Waals surface area contributed by atoms with E-state index in [1.807, 2.05) is 13.8 Å². The van der Waals surface area contributed by atoms with Crippen LogP contribution in [0.3, 0.4) is 0 Å².